The predicted molar refractivity (Wildman–Crippen MR) is 117 cm³/mol. The molecule has 2 N–H and O–H groups in total. The van der Waals surface area contributed by atoms with Gasteiger partial charge in [0, 0.05) is 37.7 Å². The van der Waals surface area contributed by atoms with Crippen molar-refractivity contribution in [3.8, 4) is 0 Å². The van der Waals surface area contributed by atoms with Gasteiger partial charge in [0.15, 0.2) is 5.96 Å². The average molecular weight is 495 g/mol. The Morgan fingerprint density at radius 3 is 2.65 bits per heavy atom. The topological polar surface area (TPSA) is 66.0 Å². The summed E-state index contributed by atoms with van der Waals surface area (Å²) in [6.45, 7) is 4.40. The maximum Gasteiger partial charge on any atom is 0.409 e. The van der Waals surface area contributed by atoms with E-state index in [4.69, 9.17) is 16.3 Å². The van der Waals surface area contributed by atoms with Gasteiger partial charge in [-0.2, -0.15) is 0 Å². The van der Waals surface area contributed by atoms with Gasteiger partial charge in [-0.25, -0.2) is 4.79 Å². The Morgan fingerprint density at radius 2 is 2.04 bits per heavy atom. The molecule has 0 unspecified atom stereocenters. The van der Waals surface area contributed by atoms with Crippen LogP contribution in [-0.4, -0.2) is 56.3 Å². The molecule has 0 atom stereocenters. The van der Waals surface area contributed by atoms with E-state index in [1.165, 1.54) is 0 Å². The third-order valence-electron chi connectivity index (χ3n) is 4.23. The van der Waals surface area contributed by atoms with Crippen molar-refractivity contribution < 1.29 is 9.53 Å². The maximum atomic E-state index is 11.7. The predicted octanol–water partition coefficient (Wildman–Crippen LogP) is 3.29. The molecule has 2 rings (SSSR count). The molecule has 0 bridgehead atoms. The molecule has 1 fully saturated rings. The van der Waals surface area contributed by atoms with Crippen molar-refractivity contribution in [2.45, 2.75) is 32.2 Å². The number of hydrogen-bond acceptors (Lipinski definition) is 3. The Kier molecular flexibility index (Phi) is 10.7. The molecule has 1 aromatic carbocycles. The lowest BCUT2D eigenvalue weighted by Gasteiger charge is -2.32. The van der Waals surface area contributed by atoms with E-state index in [9.17, 15) is 4.79 Å². The van der Waals surface area contributed by atoms with Crippen molar-refractivity contribution >= 4 is 47.6 Å². The summed E-state index contributed by atoms with van der Waals surface area (Å²) in [5, 5.41) is 7.54. The lowest BCUT2D eigenvalue weighted by atomic mass is 10.1. The molecule has 1 amide bonds. The first-order chi connectivity index (χ1) is 12.1. The normalized spacial score (nSPS) is 15.2. The van der Waals surface area contributed by atoms with Crippen LogP contribution in [0.1, 0.15) is 25.3 Å². The number of ether oxygens (including phenoxy) is 1. The van der Waals surface area contributed by atoms with Crippen molar-refractivity contribution in [1.29, 1.82) is 0 Å². The van der Waals surface area contributed by atoms with Crippen LogP contribution >= 0.6 is 35.6 Å². The van der Waals surface area contributed by atoms with Crippen molar-refractivity contribution in [1.82, 2.24) is 15.5 Å². The summed E-state index contributed by atoms with van der Waals surface area (Å²) in [5.41, 5.74) is 1.12. The molecule has 0 aromatic heterocycles. The summed E-state index contributed by atoms with van der Waals surface area (Å²) in [6.07, 6.45) is 2.37. The highest BCUT2D eigenvalue weighted by atomic mass is 127. The molecule has 8 heteroatoms. The van der Waals surface area contributed by atoms with Gasteiger partial charge in [0.05, 0.1) is 6.61 Å². The highest BCUT2D eigenvalue weighted by molar-refractivity contribution is 14.0. The Balaban J connectivity index is 0.00000338. The van der Waals surface area contributed by atoms with Crippen LogP contribution in [0.5, 0.6) is 0 Å². The molecule has 0 spiro atoms. The van der Waals surface area contributed by atoms with Crippen molar-refractivity contribution in [3.05, 3.63) is 34.9 Å². The number of benzene rings is 1. The van der Waals surface area contributed by atoms with Gasteiger partial charge in [0.1, 0.15) is 0 Å². The summed E-state index contributed by atoms with van der Waals surface area (Å²) >= 11 is 6.17. The lowest BCUT2D eigenvalue weighted by Crippen LogP contribution is -2.50. The van der Waals surface area contributed by atoms with Gasteiger partial charge in [-0.1, -0.05) is 29.8 Å². The van der Waals surface area contributed by atoms with Crippen LogP contribution in [0.4, 0.5) is 4.79 Å². The second-order valence-corrected chi connectivity index (χ2v) is 6.35. The smallest absolute Gasteiger partial charge is 0.409 e. The second-order valence-electron chi connectivity index (χ2n) is 5.94. The highest BCUT2D eigenvalue weighted by Gasteiger charge is 2.23. The van der Waals surface area contributed by atoms with Crippen LogP contribution in [0.2, 0.25) is 5.02 Å². The van der Waals surface area contributed by atoms with Gasteiger partial charge in [-0.15, -0.1) is 24.0 Å². The molecule has 0 aliphatic carbocycles. The van der Waals surface area contributed by atoms with Gasteiger partial charge < -0.3 is 20.3 Å². The number of amides is 1. The molecule has 1 saturated heterocycles. The fourth-order valence-electron chi connectivity index (χ4n) is 2.83. The van der Waals surface area contributed by atoms with Crippen LogP contribution in [0.3, 0.4) is 0 Å². The minimum absolute atomic E-state index is 0. The number of likely N-dealkylation sites (tertiary alicyclic amines) is 1. The van der Waals surface area contributed by atoms with Crippen LogP contribution in [-0.2, 0) is 11.2 Å². The fourth-order valence-corrected chi connectivity index (χ4v) is 3.06. The number of nitrogens with zero attached hydrogens (tertiary/aromatic N) is 2. The van der Waals surface area contributed by atoms with Crippen molar-refractivity contribution in [2.75, 3.05) is 33.3 Å². The summed E-state index contributed by atoms with van der Waals surface area (Å²) in [5.74, 6) is 0.779. The van der Waals surface area contributed by atoms with E-state index < -0.39 is 0 Å². The molecular weight excluding hydrogens is 467 g/mol. The standard InChI is InChI=1S/C18H27ClN4O2.HI/c1-3-25-18(24)23-12-9-15(10-13-23)22-17(20-2)21-11-8-14-6-4-5-7-16(14)19;/h4-7,15H,3,8-13H2,1-2H3,(H2,20,21,22);1H. The van der Waals surface area contributed by atoms with E-state index in [1.807, 2.05) is 31.2 Å². The third-order valence-corrected chi connectivity index (χ3v) is 4.60. The Bertz CT molecular complexity index is 592. The maximum absolute atomic E-state index is 11.7. The summed E-state index contributed by atoms with van der Waals surface area (Å²) < 4.78 is 5.04. The minimum atomic E-state index is -0.219. The Hall–Kier alpha value is -1.22. The molecule has 1 heterocycles. The molecule has 1 aliphatic rings. The number of piperidine rings is 1. The van der Waals surface area contributed by atoms with E-state index in [2.05, 4.69) is 15.6 Å². The first kappa shape index (κ1) is 22.8. The molecule has 1 aromatic rings. The van der Waals surface area contributed by atoms with E-state index in [1.54, 1.807) is 11.9 Å². The van der Waals surface area contributed by atoms with E-state index >= 15 is 0 Å². The molecule has 146 valence electrons. The number of aliphatic imine (C=N–C) groups is 1. The first-order valence-electron chi connectivity index (χ1n) is 8.76. The van der Waals surface area contributed by atoms with Crippen molar-refractivity contribution in [3.63, 3.8) is 0 Å². The zero-order chi connectivity index (χ0) is 18.1. The fraction of sp³-hybridized carbons (Fsp3) is 0.556. The second kappa shape index (κ2) is 12.2. The van der Waals surface area contributed by atoms with Gasteiger partial charge in [0.2, 0.25) is 0 Å². The Labute approximate surface area is 177 Å². The largest absolute Gasteiger partial charge is 0.450 e. The molecule has 0 radical (unpaired) electrons. The van der Waals surface area contributed by atoms with Crippen LogP contribution in [0, 0.1) is 0 Å². The number of nitrogens with one attached hydrogen (secondary N) is 2. The zero-order valence-electron chi connectivity index (χ0n) is 15.3. The molecule has 6 nitrogen and oxygen atoms in total. The molecule has 1 aliphatic heterocycles. The number of halogens is 2. The summed E-state index contributed by atoms with van der Waals surface area (Å²) in [6, 6.07) is 8.16. The third kappa shape index (κ3) is 7.19. The summed E-state index contributed by atoms with van der Waals surface area (Å²) in [4.78, 5) is 17.8. The number of carbonyl (C=O) groups is 1. The lowest BCUT2D eigenvalue weighted by molar-refractivity contribution is 0.0963. The van der Waals surface area contributed by atoms with E-state index in [0.29, 0.717) is 25.7 Å². The molecular formula is C18H28ClIN4O2. The van der Waals surface area contributed by atoms with Gasteiger partial charge in [-0.3, -0.25) is 4.99 Å². The van der Waals surface area contributed by atoms with Gasteiger partial charge in [0.25, 0.3) is 0 Å². The first-order valence-corrected chi connectivity index (χ1v) is 9.14. The van der Waals surface area contributed by atoms with E-state index in [-0.39, 0.29) is 30.1 Å². The minimum Gasteiger partial charge on any atom is -0.450 e. The van der Waals surface area contributed by atoms with Crippen LogP contribution in [0.15, 0.2) is 29.3 Å². The van der Waals surface area contributed by atoms with Crippen molar-refractivity contribution in [2.24, 2.45) is 4.99 Å². The van der Waals surface area contributed by atoms with E-state index in [0.717, 1.165) is 42.4 Å². The number of carbonyl (C=O) groups excluding carboxylic acids is 1. The number of hydrogen-bond donors (Lipinski definition) is 2. The monoisotopic (exact) mass is 494 g/mol. The quantitative estimate of drug-likeness (QED) is 0.375. The average Bonchev–Trinajstić information content (AvgIpc) is 2.63. The number of rotatable bonds is 5. The van der Waals surface area contributed by atoms with Gasteiger partial charge in [-0.05, 0) is 37.8 Å². The van der Waals surface area contributed by atoms with Gasteiger partial charge >= 0.3 is 6.09 Å². The van der Waals surface area contributed by atoms with Crippen LogP contribution < -0.4 is 10.6 Å². The SMILES string of the molecule is CCOC(=O)N1CCC(NC(=NC)NCCc2ccccc2Cl)CC1.I. The zero-order valence-corrected chi connectivity index (χ0v) is 18.4. The molecule has 26 heavy (non-hydrogen) atoms. The Morgan fingerprint density at radius 1 is 1.35 bits per heavy atom. The molecule has 0 saturated carbocycles. The van der Waals surface area contributed by atoms with Crippen LogP contribution in [0.25, 0.3) is 0 Å². The summed E-state index contributed by atoms with van der Waals surface area (Å²) in [7, 11) is 1.76. The highest BCUT2D eigenvalue weighted by Crippen LogP contribution is 2.15. The number of guanidine groups is 1.